The van der Waals surface area contributed by atoms with Crippen LogP contribution in [-0.4, -0.2) is 32.1 Å². The van der Waals surface area contributed by atoms with Crippen molar-refractivity contribution >= 4 is 21.8 Å². The van der Waals surface area contributed by atoms with Gasteiger partial charge in [0.25, 0.3) is 5.56 Å². The maximum absolute atomic E-state index is 12.5. The Morgan fingerprint density at radius 1 is 1.41 bits per heavy atom. The summed E-state index contributed by atoms with van der Waals surface area (Å²) < 4.78 is 8.32. The predicted molar refractivity (Wildman–Crippen MR) is 90.3 cm³/mol. The number of aliphatic hydroxyl groups is 1. The van der Waals surface area contributed by atoms with Crippen molar-refractivity contribution in [1.29, 1.82) is 0 Å². The smallest absolute Gasteiger partial charge is 0.344 e. The molecule has 0 unspecified atom stereocenters. The van der Waals surface area contributed by atoms with E-state index >= 15 is 0 Å². The van der Waals surface area contributed by atoms with Crippen LogP contribution >= 0.6 is 21.8 Å². The number of hydrogen-bond donors (Lipinski definition) is 1. The summed E-state index contributed by atoms with van der Waals surface area (Å²) in [5.74, 6) is 0.896. The highest BCUT2D eigenvalue weighted by atomic mass is 33.1. The monoisotopic (exact) mass is 346 g/mol. The van der Waals surface area contributed by atoms with Crippen molar-refractivity contribution in [2.24, 2.45) is 0 Å². The van der Waals surface area contributed by atoms with Crippen LogP contribution in [0.2, 0.25) is 0 Å². The molecule has 0 saturated carbocycles. The molecule has 1 N–H and O–H groups in total. The zero-order valence-electron chi connectivity index (χ0n) is 12.9. The van der Waals surface area contributed by atoms with Crippen molar-refractivity contribution in [3.63, 3.8) is 0 Å². The van der Waals surface area contributed by atoms with Crippen molar-refractivity contribution in [3.05, 3.63) is 32.6 Å². The van der Waals surface area contributed by atoms with Crippen molar-refractivity contribution in [2.75, 3.05) is 12.4 Å². The quantitative estimate of drug-likeness (QED) is 0.601. The second-order valence-electron chi connectivity index (χ2n) is 5.32. The van der Waals surface area contributed by atoms with Gasteiger partial charge in [0.15, 0.2) is 0 Å². The zero-order chi connectivity index (χ0) is 16.1. The van der Waals surface area contributed by atoms with Crippen molar-refractivity contribution < 1.29 is 9.84 Å². The summed E-state index contributed by atoms with van der Waals surface area (Å²) in [5.41, 5.74) is -0.126. The lowest BCUT2D eigenvalue weighted by atomic mass is 10.2. The Balaban J connectivity index is 2.23. The highest BCUT2D eigenvalue weighted by Gasteiger charge is 2.27. The van der Waals surface area contributed by atoms with Gasteiger partial charge >= 0.3 is 5.69 Å². The highest BCUT2D eigenvalue weighted by Crippen LogP contribution is 2.27. The molecule has 1 aliphatic heterocycles. The lowest BCUT2D eigenvalue weighted by molar-refractivity contribution is -0.0248. The molecule has 1 aromatic rings. The first-order chi connectivity index (χ1) is 10.6. The number of ether oxygens (including phenoxy) is 1. The second-order valence-corrected chi connectivity index (χ2v) is 7.64. The van der Waals surface area contributed by atoms with Crippen LogP contribution in [0, 0.1) is 6.92 Å². The molecular formula is C14H22N2O4S2. The van der Waals surface area contributed by atoms with E-state index in [9.17, 15) is 9.59 Å². The van der Waals surface area contributed by atoms with Crippen molar-refractivity contribution in [2.45, 2.75) is 51.9 Å². The van der Waals surface area contributed by atoms with Crippen LogP contribution < -0.4 is 11.2 Å². The molecule has 124 valence electrons. The fourth-order valence-electron chi connectivity index (χ4n) is 2.26. The summed E-state index contributed by atoms with van der Waals surface area (Å²) in [6.45, 7) is 3.75. The first-order valence-electron chi connectivity index (χ1n) is 7.49. The highest BCUT2D eigenvalue weighted by molar-refractivity contribution is 8.76. The van der Waals surface area contributed by atoms with Gasteiger partial charge in [-0.05, 0) is 26.2 Å². The summed E-state index contributed by atoms with van der Waals surface area (Å²) in [7, 11) is 2.70. The number of unbranched alkanes of at least 4 members (excludes halogenated alkanes) is 1. The Morgan fingerprint density at radius 3 is 2.82 bits per heavy atom. The average Bonchev–Trinajstić information content (AvgIpc) is 2.99. The van der Waals surface area contributed by atoms with Crippen molar-refractivity contribution in [1.82, 2.24) is 8.54 Å². The number of nitrogens with zero attached hydrogens (tertiary/aromatic N) is 2. The number of aromatic nitrogens is 2. The van der Waals surface area contributed by atoms with E-state index < -0.39 is 6.23 Å². The van der Waals surface area contributed by atoms with Gasteiger partial charge in [-0.1, -0.05) is 24.1 Å². The molecule has 22 heavy (non-hydrogen) atoms. The van der Waals surface area contributed by atoms with E-state index in [1.165, 1.54) is 30.3 Å². The zero-order valence-corrected chi connectivity index (χ0v) is 14.5. The maximum Gasteiger partial charge on any atom is 0.344 e. The molecule has 0 aliphatic carbocycles. The predicted octanol–water partition coefficient (Wildman–Crippen LogP) is 1.93. The first-order valence-corrected chi connectivity index (χ1v) is 9.77. The summed E-state index contributed by atoms with van der Waals surface area (Å²) >= 11 is 0. The van der Waals surface area contributed by atoms with Gasteiger partial charge in [-0.15, -0.1) is 0 Å². The standard InChI is InChI=1S/C14H22N2O4S2/c1-3-4-7-21-22-16-13(18)10(2)8-15(14(16)19)12-6-5-11(9-17)20-12/h8,11-12,17H,3-7,9H2,1-2H3/t11-,12+/m0/s1. The molecule has 6 nitrogen and oxygen atoms in total. The Hall–Kier alpha value is -0.700. The summed E-state index contributed by atoms with van der Waals surface area (Å²) in [4.78, 5) is 24.7. The van der Waals surface area contributed by atoms with Gasteiger partial charge in [0.2, 0.25) is 0 Å². The normalized spacial score (nSPS) is 21.4. The third kappa shape index (κ3) is 3.98. The van der Waals surface area contributed by atoms with Gasteiger partial charge in [0.1, 0.15) is 6.23 Å². The van der Waals surface area contributed by atoms with E-state index in [1.807, 2.05) is 0 Å². The van der Waals surface area contributed by atoms with Gasteiger partial charge in [-0.2, -0.15) is 3.97 Å². The molecule has 1 aromatic heterocycles. The van der Waals surface area contributed by atoms with E-state index in [-0.39, 0.29) is 24.0 Å². The minimum absolute atomic E-state index is 0.0501. The SMILES string of the molecule is CCCCSSn1c(=O)c(C)cn([C@H]2CC[C@@H](CO)O2)c1=O. The maximum atomic E-state index is 12.5. The van der Waals surface area contributed by atoms with Gasteiger partial charge in [-0.25, -0.2) is 4.79 Å². The van der Waals surface area contributed by atoms with Crippen LogP contribution in [0.4, 0.5) is 0 Å². The third-order valence-corrected chi connectivity index (χ3v) is 5.85. The summed E-state index contributed by atoms with van der Waals surface area (Å²) in [5, 5.41) is 9.14. The molecule has 0 spiro atoms. The van der Waals surface area contributed by atoms with Gasteiger partial charge in [0.05, 0.1) is 12.7 Å². The minimum Gasteiger partial charge on any atom is -0.394 e. The molecule has 0 bridgehead atoms. The largest absolute Gasteiger partial charge is 0.394 e. The molecule has 8 heteroatoms. The van der Waals surface area contributed by atoms with E-state index in [1.54, 1.807) is 13.1 Å². The summed E-state index contributed by atoms with van der Waals surface area (Å²) in [6.07, 6.45) is 4.43. The van der Waals surface area contributed by atoms with E-state index in [0.29, 0.717) is 18.4 Å². The van der Waals surface area contributed by atoms with E-state index in [2.05, 4.69) is 6.92 Å². The van der Waals surface area contributed by atoms with Crippen LogP contribution in [0.5, 0.6) is 0 Å². The van der Waals surface area contributed by atoms with E-state index in [0.717, 1.165) is 18.6 Å². The number of rotatable bonds is 7. The van der Waals surface area contributed by atoms with Crippen LogP contribution in [0.15, 0.2) is 15.8 Å². The Labute approximate surface area is 137 Å². The fraction of sp³-hybridized carbons (Fsp3) is 0.714. The molecule has 0 amide bonds. The first kappa shape index (κ1) is 17.7. The third-order valence-electron chi connectivity index (χ3n) is 3.56. The lowest BCUT2D eigenvalue weighted by Crippen LogP contribution is -2.39. The number of aryl methyl sites for hydroxylation is 1. The van der Waals surface area contributed by atoms with Gasteiger partial charge in [-0.3, -0.25) is 9.36 Å². The molecule has 0 aromatic carbocycles. The fourth-order valence-corrected chi connectivity index (χ4v) is 4.51. The Morgan fingerprint density at radius 2 is 2.18 bits per heavy atom. The molecule has 2 heterocycles. The Bertz CT molecular complexity index is 614. The minimum atomic E-state index is -0.406. The second kappa shape index (κ2) is 8.24. The molecule has 2 rings (SSSR count). The average molecular weight is 346 g/mol. The van der Waals surface area contributed by atoms with Gasteiger partial charge < -0.3 is 9.84 Å². The summed E-state index contributed by atoms with van der Waals surface area (Å²) in [6, 6.07) is 0. The van der Waals surface area contributed by atoms with Crippen LogP contribution in [0.25, 0.3) is 0 Å². The molecule has 1 aliphatic rings. The number of hydrogen-bond acceptors (Lipinski definition) is 6. The van der Waals surface area contributed by atoms with Crippen molar-refractivity contribution in [3.8, 4) is 0 Å². The number of aliphatic hydroxyl groups excluding tert-OH is 1. The molecular weight excluding hydrogens is 324 g/mol. The molecule has 1 saturated heterocycles. The lowest BCUT2D eigenvalue weighted by Gasteiger charge is -2.17. The van der Waals surface area contributed by atoms with Gasteiger partial charge in [0, 0.05) is 28.5 Å². The molecule has 0 radical (unpaired) electrons. The molecule has 2 atom stereocenters. The topological polar surface area (TPSA) is 73.5 Å². The van der Waals surface area contributed by atoms with Crippen LogP contribution in [0.1, 0.15) is 44.4 Å². The van der Waals surface area contributed by atoms with E-state index in [4.69, 9.17) is 9.84 Å². The van der Waals surface area contributed by atoms with Crippen LogP contribution in [0.3, 0.4) is 0 Å². The molecule has 1 fully saturated rings. The Kier molecular flexibility index (Phi) is 6.61. The van der Waals surface area contributed by atoms with Crippen LogP contribution in [-0.2, 0) is 4.74 Å².